The SMILES string of the molecule is CC(C)S(=O)(=O)[C]1CCC1. The summed E-state index contributed by atoms with van der Waals surface area (Å²) in [7, 11) is -2.82. The molecular weight excluding hydrogens is 148 g/mol. The van der Waals surface area contributed by atoms with Crippen LogP contribution in [0.25, 0.3) is 0 Å². The number of hydrogen-bond acceptors (Lipinski definition) is 2. The molecule has 0 unspecified atom stereocenters. The molecule has 1 saturated carbocycles. The molecular formula is C7H13O2S. The van der Waals surface area contributed by atoms with Gasteiger partial charge in [-0.05, 0) is 26.7 Å². The highest BCUT2D eigenvalue weighted by molar-refractivity contribution is 7.94. The fourth-order valence-corrected chi connectivity index (χ4v) is 2.46. The summed E-state index contributed by atoms with van der Waals surface area (Å²) in [5.41, 5.74) is 0. The number of hydrogen-bond donors (Lipinski definition) is 0. The first-order valence-electron chi connectivity index (χ1n) is 3.63. The van der Waals surface area contributed by atoms with Crippen LogP contribution in [0.2, 0.25) is 0 Å². The van der Waals surface area contributed by atoms with Crippen molar-refractivity contribution in [3.8, 4) is 0 Å². The predicted octanol–water partition coefficient (Wildman–Crippen LogP) is 1.53. The molecule has 0 bridgehead atoms. The largest absolute Gasteiger partial charge is 0.228 e. The molecule has 1 rings (SSSR count). The Kier molecular flexibility index (Phi) is 2.04. The van der Waals surface area contributed by atoms with Gasteiger partial charge in [0.2, 0.25) is 0 Å². The smallest absolute Gasteiger partial charge is 0.159 e. The second kappa shape index (κ2) is 2.53. The van der Waals surface area contributed by atoms with Gasteiger partial charge in [-0.1, -0.05) is 6.42 Å². The molecule has 0 heterocycles. The van der Waals surface area contributed by atoms with Gasteiger partial charge in [-0.15, -0.1) is 0 Å². The van der Waals surface area contributed by atoms with Gasteiger partial charge >= 0.3 is 0 Å². The monoisotopic (exact) mass is 161 g/mol. The minimum Gasteiger partial charge on any atom is -0.228 e. The van der Waals surface area contributed by atoms with Crippen LogP contribution in [0.15, 0.2) is 0 Å². The quantitative estimate of drug-likeness (QED) is 0.615. The Morgan fingerprint density at radius 2 is 1.80 bits per heavy atom. The van der Waals surface area contributed by atoms with Gasteiger partial charge in [0.05, 0.1) is 10.5 Å². The fraction of sp³-hybridized carbons (Fsp3) is 0.857. The second-order valence-corrected chi connectivity index (χ2v) is 5.60. The van der Waals surface area contributed by atoms with Crippen molar-refractivity contribution in [2.75, 3.05) is 0 Å². The summed E-state index contributed by atoms with van der Waals surface area (Å²) >= 11 is 0. The summed E-state index contributed by atoms with van der Waals surface area (Å²) in [5.74, 6) is 0. The maximum Gasteiger partial charge on any atom is 0.159 e. The molecule has 1 fully saturated rings. The molecule has 1 aliphatic carbocycles. The first-order valence-corrected chi connectivity index (χ1v) is 5.18. The standard InChI is InChI=1S/C7H13O2S/c1-6(2)10(8,9)7-4-3-5-7/h6H,3-5H2,1-2H3. The van der Waals surface area contributed by atoms with Crippen molar-refractivity contribution >= 4 is 9.84 Å². The first-order chi connectivity index (χ1) is 4.55. The van der Waals surface area contributed by atoms with E-state index in [1.165, 1.54) is 0 Å². The van der Waals surface area contributed by atoms with E-state index in [2.05, 4.69) is 0 Å². The van der Waals surface area contributed by atoms with Crippen molar-refractivity contribution in [1.82, 2.24) is 0 Å². The molecule has 1 aliphatic rings. The zero-order valence-electron chi connectivity index (χ0n) is 6.42. The van der Waals surface area contributed by atoms with Crippen molar-refractivity contribution < 1.29 is 8.42 Å². The Morgan fingerprint density at radius 3 is 1.90 bits per heavy atom. The lowest BCUT2D eigenvalue weighted by molar-refractivity contribution is 0.543. The van der Waals surface area contributed by atoms with Gasteiger partial charge in [-0.2, -0.15) is 0 Å². The molecule has 3 heteroatoms. The summed E-state index contributed by atoms with van der Waals surface area (Å²) in [4.78, 5) is 0. The maximum absolute atomic E-state index is 11.3. The van der Waals surface area contributed by atoms with Crippen molar-refractivity contribution in [1.29, 1.82) is 0 Å². The Labute approximate surface area is 62.5 Å². The molecule has 0 N–H and O–H groups in total. The summed E-state index contributed by atoms with van der Waals surface area (Å²) in [6, 6.07) is 0. The highest BCUT2D eigenvalue weighted by Gasteiger charge is 2.34. The number of rotatable bonds is 2. The Morgan fingerprint density at radius 1 is 1.30 bits per heavy atom. The van der Waals surface area contributed by atoms with E-state index >= 15 is 0 Å². The van der Waals surface area contributed by atoms with E-state index in [4.69, 9.17) is 0 Å². The van der Waals surface area contributed by atoms with Gasteiger partial charge in [0, 0.05) is 0 Å². The van der Waals surface area contributed by atoms with Gasteiger partial charge in [-0.3, -0.25) is 0 Å². The summed E-state index contributed by atoms with van der Waals surface area (Å²) in [6.07, 6.45) is 2.67. The van der Waals surface area contributed by atoms with Gasteiger partial charge < -0.3 is 0 Å². The first kappa shape index (κ1) is 8.05. The Bertz CT molecular complexity index is 200. The molecule has 59 valence electrons. The highest BCUT2D eigenvalue weighted by Crippen LogP contribution is 2.35. The van der Waals surface area contributed by atoms with E-state index in [1.54, 1.807) is 13.8 Å². The van der Waals surface area contributed by atoms with Crippen LogP contribution < -0.4 is 0 Å². The minimum atomic E-state index is -2.82. The van der Waals surface area contributed by atoms with E-state index in [1.807, 2.05) is 0 Å². The molecule has 0 aromatic rings. The van der Waals surface area contributed by atoms with Crippen LogP contribution in [0.5, 0.6) is 0 Å². The van der Waals surface area contributed by atoms with Crippen molar-refractivity contribution in [3.63, 3.8) is 0 Å². The third-order valence-electron chi connectivity index (χ3n) is 1.93. The number of sulfone groups is 1. The van der Waals surface area contributed by atoms with Gasteiger partial charge in [0.1, 0.15) is 0 Å². The van der Waals surface area contributed by atoms with Crippen LogP contribution in [0.4, 0.5) is 0 Å². The molecule has 0 atom stereocenters. The van der Waals surface area contributed by atoms with E-state index in [0.717, 1.165) is 24.5 Å². The molecule has 0 aromatic carbocycles. The summed E-state index contributed by atoms with van der Waals surface area (Å²) < 4.78 is 22.6. The average Bonchev–Trinajstić information content (AvgIpc) is 1.57. The fourth-order valence-electron chi connectivity index (χ4n) is 0.939. The lowest BCUT2D eigenvalue weighted by Gasteiger charge is -2.25. The molecule has 0 amide bonds. The van der Waals surface area contributed by atoms with Gasteiger partial charge in [-0.25, -0.2) is 8.42 Å². The van der Waals surface area contributed by atoms with Crippen LogP contribution in [0, 0.1) is 5.25 Å². The molecule has 2 nitrogen and oxygen atoms in total. The molecule has 0 spiro atoms. The van der Waals surface area contributed by atoms with Crippen LogP contribution in [0.1, 0.15) is 33.1 Å². The summed E-state index contributed by atoms with van der Waals surface area (Å²) in [6.45, 7) is 3.47. The van der Waals surface area contributed by atoms with Crippen molar-refractivity contribution in [2.45, 2.75) is 38.4 Å². The molecule has 0 aromatic heterocycles. The minimum absolute atomic E-state index is 0.220. The Hall–Kier alpha value is -0.0500. The molecule has 1 radical (unpaired) electrons. The maximum atomic E-state index is 11.3. The van der Waals surface area contributed by atoms with E-state index in [-0.39, 0.29) is 5.25 Å². The van der Waals surface area contributed by atoms with Crippen LogP contribution in [-0.4, -0.2) is 13.7 Å². The van der Waals surface area contributed by atoms with Crippen LogP contribution >= 0.6 is 0 Å². The van der Waals surface area contributed by atoms with Crippen LogP contribution in [-0.2, 0) is 9.84 Å². The zero-order valence-corrected chi connectivity index (χ0v) is 7.24. The second-order valence-electron chi connectivity index (χ2n) is 2.99. The lowest BCUT2D eigenvalue weighted by atomic mass is 10.00. The van der Waals surface area contributed by atoms with Crippen LogP contribution in [0.3, 0.4) is 0 Å². The third kappa shape index (κ3) is 1.19. The van der Waals surface area contributed by atoms with E-state index in [0.29, 0.717) is 0 Å². The van der Waals surface area contributed by atoms with E-state index in [9.17, 15) is 8.42 Å². The van der Waals surface area contributed by atoms with Gasteiger partial charge in [0.15, 0.2) is 9.84 Å². The molecule has 0 saturated heterocycles. The normalized spacial score (nSPS) is 21.1. The predicted molar refractivity (Wildman–Crippen MR) is 41.1 cm³/mol. The zero-order chi connectivity index (χ0) is 7.78. The lowest BCUT2D eigenvalue weighted by Crippen LogP contribution is -2.26. The van der Waals surface area contributed by atoms with Crippen molar-refractivity contribution in [2.24, 2.45) is 0 Å². The summed E-state index contributed by atoms with van der Waals surface area (Å²) in [5, 5.41) is 0.547. The topological polar surface area (TPSA) is 34.1 Å². The van der Waals surface area contributed by atoms with Crippen molar-refractivity contribution in [3.05, 3.63) is 5.25 Å². The van der Waals surface area contributed by atoms with E-state index < -0.39 is 9.84 Å². The highest BCUT2D eigenvalue weighted by atomic mass is 32.2. The molecule has 0 aliphatic heterocycles. The Balaban J connectivity index is 2.68. The van der Waals surface area contributed by atoms with Gasteiger partial charge in [0.25, 0.3) is 0 Å². The third-order valence-corrected chi connectivity index (χ3v) is 4.39. The molecule has 10 heavy (non-hydrogen) atoms. The average molecular weight is 161 g/mol.